The number of nitrogens with one attached hydrogen (secondary N) is 2. The minimum atomic E-state index is -4.96. The number of benzene rings is 3. The molecule has 1 fully saturated rings. The van der Waals surface area contributed by atoms with Crippen LogP contribution in [-0.4, -0.2) is 76.0 Å². The molecule has 0 aliphatic carbocycles. The maximum absolute atomic E-state index is 14.5. The molecule has 256 valence electrons. The fraction of sp³-hybridized carbons (Fsp3) is 0.176. The molecule has 0 unspecified atom stereocenters. The molecule has 2 aromatic heterocycles. The number of rotatable bonds is 8. The number of anilines is 3. The van der Waals surface area contributed by atoms with Gasteiger partial charge in [-0.2, -0.15) is 18.3 Å². The van der Waals surface area contributed by atoms with Crippen molar-refractivity contribution in [3.8, 4) is 22.6 Å². The summed E-state index contributed by atoms with van der Waals surface area (Å²) in [6.07, 6.45) is -0.489. The van der Waals surface area contributed by atoms with Crippen LogP contribution in [0.2, 0.25) is 5.02 Å². The van der Waals surface area contributed by atoms with Gasteiger partial charge in [0.15, 0.2) is 5.69 Å². The predicted molar refractivity (Wildman–Crippen MR) is 184 cm³/mol. The third-order valence-corrected chi connectivity index (χ3v) is 8.62. The lowest BCUT2D eigenvalue weighted by Gasteiger charge is -2.35. The van der Waals surface area contributed by atoms with Crippen LogP contribution in [0.25, 0.3) is 27.7 Å². The number of fused-ring (bicyclic) bond motifs is 1. The molecule has 1 saturated heterocycles. The van der Waals surface area contributed by atoms with E-state index in [1.165, 1.54) is 55.9 Å². The number of nitrogens with zero attached hydrogens (tertiary/aromatic N) is 6. The van der Waals surface area contributed by atoms with Crippen molar-refractivity contribution in [3.05, 3.63) is 95.6 Å². The normalized spacial score (nSPS) is 13.3. The van der Waals surface area contributed by atoms with E-state index < -0.39 is 23.3 Å². The van der Waals surface area contributed by atoms with Crippen molar-refractivity contribution < 1.29 is 27.5 Å². The Morgan fingerprint density at radius 3 is 2.44 bits per heavy atom. The molecule has 3 aromatic carbocycles. The number of ether oxygens (including phenoxy) is 1. The lowest BCUT2D eigenvalue weighted by atomic mass is 9.95. The van der Waals surface area contributed by atoms with Crippen molar-refractivity contribution in [1.29, 1.82) is 5.41 Å². The number of aromatic nitrogens is 4. The summed E-state index contributed by atoms with van der Waals surface area (Å²) in [5, 5.41) is 15.4. The number of hydrogen-bond donors (Lipinski definition) is 3. The maximum Gasteiger partial charge on any atom is 0.434 e. The van der Waals surface area contributed by atoms with Crippen LogP contribution in [0, 0.1) is 5.41 Å². The minimum absolute atomic E-state index is 0.0477. The van der Waals surface area contributed by atoms with Gasteiger partial charge in [-0.05, 0) is 54.6 Å². The zero-order chi connectivity index (χ0) is 35.7. The van der Waals surface area contributed by atoms with E-state index >= 15 is 0 Å². The van der Waals surface area contributed by atoms with Gasteiger partial charge in [0.25, 0.3) is 5.91 Å². The lowest BCUT2D eigenvalue weighted by molar-refractivity contribution is -0.143. The number of alkyl halides is 3. The number of amides is 2. The van der Waals surface area contributed by atoms with Crippen molar-refractivity contribution in [3.63, 3.8) is 0 Å². The van der Waals surface area contributed by atoms with Gasteiger partial charge in [-0.15, -0.1) is 0 Å². The Hall–Kier alpha value is -5.96. The number of halogens is 4. The van der Waals surface area contributed by atoms with Crippen LogP contribution < -0.4 is 20.7 Å². The molecule has 0 spiro atoms. The van der Waals surface area contributed by atoms with Crippen molar-refractivity contribution in [2.24, 2.45) is 0 Å². The van der Waals surface area contributed by atoms with Gasteiger partial charge in [0.1, 0.15) is 17.9 Å². The average molecular weight is 704 g/mol. The van der Waals surface area contributed by atoms with Crippen LogP contribution in [-0.2, 0) is 11.0 Å². The number of nitrogen functional groups attached to an aromatic ring is 1. The number of piperazine rings is 1. The third-order valence-electron chi connectivity index (χ3n) is 8.31. The van der Waals surface area contributed by atoms with Crippen LogP contribution >= 0.6 is 11.6 Å². The van der Waals surface area contributed by atoms with Gasteiger partial charge in [-0.3, -0.25) is 9.59 Å². The standard InChI is InChI=1S/C34H29ClF3N9O3/c1-3-29(48)45-10-12-46(13-11-45)32-22-14-25(35)21(15-28(22)41-18-42-32)30-23(16-39)26(40)8-9-27(30)44-33(49)24-17-43-47(31(24)34(36,37)38)19-4-6-20(50-2)7-5-19/h3-9,14-18,39H,1,10-13,40H2,2H3,(H,44,49). The lowest BCUT2D eigenvalue weighted by Crippen LogP contribution is -2.48. The van der Waals surface area contributed by atoms with Gasteiger partial charge >= 0.3 is 6.18 Å². The molecule has 2 amide bonds. The first-order valence-electron chi connectivity index (χ1n) is 15.1. The number of nitrogens with two attached hydrogens (primary N) is 1. The highest BCUT2D eigenvalue weighted by Crippen LogP contribution is 2.42. The second-order valence-corrected chi connectivity index (χ2v) is 11.6. The highest BCUT2D eigenvalue weighted by atomic mass is 35.5. The van der Waals surface area contributed by atoms with Gasteiger partial charge in [-0.1, -0.05) is 18.2 Å². The van der Waals surface area contributed by atoms with Crippen molar-refractivity contribution in [2.75, 3.05) is 49.2 Å². The molecular weight excluding hydrogens is 675 g/mol. The van der Waals surface area contributed by atoms with E-state index in [2.05, 4.69) is 27.0 Å². The molecule has 16 heteroatoms. The van der Waals surface area contributed by atoms with Crippen LogP contribution in [0.15, 0.2) is 73.7 Å². The van der Waals surface area contributed by atoms with Crippen LogP contribution in [0.1, 0.15) is 21.6 Å². The average Bonchev–Trinajstić information content (AvgIpc) is 3.58. The molecule has 3 heterocycles. The van der Waals surface area contributed by atoms with Crippen molar-refractivity contribution >= 4 is 57.7 Å². The Bertz CT molecular complexity index is 2140. The first-order valence-corrected chi connectivity index (χ1v) is 15.5. The summed E-state index contributed by atoms with van der Waals surface area (Å²) in [6.45, 7) is 5.48. The van der Waals surface area contributed by atoms with Crippen molar-refractivity contribution in [2.45, 2.75) is 6.18 Å². The Balaban J connectivity index is 1.39. The summed E-state index contributed by atoms with van der Waals surface area (Å²) >= 11 is 6.88. The number of methoxy groups -OCH3 is 1. The van der Waals surface area contributed by atoms with Gasteiger partial charge < -0.3 is 31.0 Å². The fourth-order valence-corrected chi connectivity index (χ4v) is 6.11. The number of hydrogen-bond acceptors (Lipinski definition) is 9. The fourth-order valence-electron chi connectivity index (χ4n) is 5.86. The third kappa shape index (κ3) is 6.30. The van der Waals surface area contributed by atoms with E-state index in [9.17, 15) is 22.8 Å². The first-order chi connectivity index (χ1) is 23.9. The molecule has 0 saturated carbocycles. The second-order valence-electron chi connectivity index (χ2n) is 11.2. The zero-order valence-corrected chi connectivity index (χ0v) is 27.2. The van der Waals surface area contributed by atoms with E-state index in [4.69, 9.17) is 27.5 Å². The SMILES string of the molecule is C=CC(=O)N1CCN(c2ncnc3cc(-c4c(NC(=O)c5cnn(-c6ccc(OC)cc6)c5C(F)(F)F)ccc(N)c4C=N)c(Cl)cc23)CC1. The van der Waals surface area contributed by atoms with Crippen LogP contribution in [0.3, 0.4) is 0 Å². The Morgan fingerprint density at radius 1 is 1.08 bits per heavy atom. The summed E-state index contributed by atoms with van der Waals surface area (Å²) < 4.78 is 49.1. The summed E-state index contributed by atoms with van der Waals surface area (Å²) in [5.41, 5.74) is 5.65. The van der Waals surface area contributed by atoms with E-state index in [-0.39, 0.29) is 39.1 Å². The highest BCUT2D eigenvalue weighted by molar-refractivity contribution is 6.35. The molecule has 0 bridgehead atoms. The molecule has 50 heavy (non-hydrogen) atoms. The highest BCUT2D eigenvalue weighted by Gasteiger charge is 2.41. The summed E-state index contributed by atoms with van der Waals surface area (Å²) in [4.78, 5) is 38.3. The molecule has 4 N–H and O–H groups in total. The molecule has 0 atom stereocenters. The molecule has 1 aliphatic rings. The maximum atomic E-state index is 14.5. The van der Waals surface area contributed by atoms with Gasteiger partial charge in [-0.25, -0.2) is 14.6 Å². The Labute approximate surface area is 288 Å². The summed E-state index contributed by atoms with van der Waals surface area (Å²) in [5.74, 6) is -0.233. The van der Waals surface area contributed by atoms with E-state index in [0.29, 0.717) is 58.9 Å². The van der Waals surface area contributed by atoms with Gasteiger partial charge in [0, 0.05) is 70.9 Å². The smallest absolute Gasteiger partial charge is 0.434 e. The molecule has 6 rings (SSSR count). The van der Waals surface area contributed by atoms with Crippen LogP contribution in [0.5, 0.6) is 5.75 Å². The molecule has 1 aliphatic heterocycles. The Morgan fingerprint density at radius 2 is 1.80 bits per heavy atom. The van der Waals surface area contributed by atoms with E-state index in [1.807, 2.05) is 4.90 Å². The summed E-state index contributed by atoms with van der Waals surface area (Å²) in [6, 6.07) is 11.9. The quantitative estimate of drug-likeness (QED) is 0.104. The monoisotopic (exact) mass is 703 g/mol. The number of carbonyl (C=O) groups is 2. The molecule has 5 aromatic rings. The van der Waals surface area contributed by atoms with Gasteiger partial charge in [0.2, 0.25) is 5.91 Å². The minimum Gasteiger partial charge on any atom is -0.497 e. The molecule has 0 radical (unpaired) electrons. The largest absolute Gasteiger partial charge is 0.497 e. The van der Waals surface area contributed by atoms with Crippen LogP contribution in [0.4, 0.5) is 30.4 Å². The van der Waals surface area contributed by atoms with E-state index in [0.717, 1.165) is 12.4 Å². The first kappa shape index (κ1) is 33.9. The van der Waals surface area contributed by atoms with E-state index in [1.54, 1.807) is 17.0 Å². The molecular formula is C34H29ClF3N9O3. The predicted octanol–water partition coefficient (Wildman–Crippen LogP) is 5.83. The van der Waals surface area contributed by atoms with Gasteiger partial charge in [0.05, 0.1) is 30.1 Å². The Kier molecular flexibility index (Phi) is 9.17. The summed E-state index contributed by atoms with van der Waals surface area (Å²) in [7, 11) is 1.43. The number of carbonyl (C=O) groups excluding carboxylic acids is 2. The second kappa shape index (κ2) is 13.5. The zero-order valence-electron chi connectivity index (χ0n) is 26.5. The van der Waals surface area contributed by atoms with Crippen molar-refractivity contribution in [1.82, 2.24) is 24.6 Å². The topological polar surface area (TPSA) is 155 Å². The molecule has 12 nitrogen and oxygen atoms in total.